The van der Waals surface area contributed by atoms with E-state index in [-0.39, 0.29) is 36.8 Å². The van der Waals surface area contributed by atoms with Gasteiger partial charge >= 0.3 is 0 Å². The fourth-order valence-corrected chi connectivity index (χ4v) is 2.87. The highest BCUT2D eigenvalue weighted by atomic mass is 35.5. The number of hydrogen-bond acceptors (Lipinski definition) is 4. The Morgan fingerprint density at radius 1 is 1.45 bits per heavy atom. The van der Waals surface area contributed by atoms with Gasteiger partial charge in [-0.3, -0.25) is 9.59 Å². The molecule has 1 aromatic rings. The molecule has 1 aromatic heterocycles. The zero-order valence-electron chi connectivity index (χ0n) is 11.7. The van der Waals surface area contributed by atoms with Crippen molar-refractivity contribution in [3.05, 3.63) is 22.4 Å². The van der Waals surface area contributed by atoms with Gasteiger partial charge in [0.05, 0.1) is 11.4 Å². The van der Waals surface area contributed by atoms with Crippen LogP contribution in [0.4, 0.5) is 0 Å². The number of hydrogen-bond donors (Lipinski definition) is 1. The van der Waals surface area contributed by atoms with E-state index in [9.17, 15) is 9.59 Å². The van der Waals surface area contributed by atoms with Gasteiger partial charge in [0.2, 0.25) is 5.91 Å². The Bertz CT molecular complexity index is 446. The molecule has 0 bridgehead atoms. The van der Waals surface area contributed by atoms with E-state index in [2.05, 4.69) is 5.32 Å². The summed E-state index contributed by atoms with van der Waals surface area (Å²) in [7, 11) is 3.48. The number of thiophene rings is 1. The number of amides is 2. The molecule has 0 aliphatic carbocycles. The van der Waals surface area contributed by atoms with Gasteiger partial charge in [0, 0.05) is 26.7 Å². The Kier molecular flexibility index (Phi) is 6.45. The van der Waals surface area contributed by atoms with Crippen LogP contribution in [0.15, 0.2) is 17.5 Å². The third-order valence-electron chi connectivity index (χ3n) is 3.43. The van der Waals surface area contributed by atoms with E-state index in [0.29, 0.717) is 4.88 Å². The second-order valence-electron chi connectivity index (χ2n) is 4.79. The van der Waals surface area contributed by atoms with E-state index in [4.69, 9.17) is 0 Å². The summed E-state index contributed by atoms with van der Waals surface area (Å²) in [6.07, 6.45) is 0.977. The molecule has 7 heteroatoms. The van der Waals surface area contributed by atoms with E-state index in [1.165, 1.54) is 16.2 Å². The highest BCUT2D eigenvalue weighted by Gasteiger charge is 2.25. The van der Waals surface area contributed by atoms with Crippen LogP contribution in [0, 0.1) is 0 Å². The molecule has 0 radical (unpaired) electrons. The van der Waals surface area contributed by atoms with Crippen molar-refractivity contribution in [2.45, 2.75) is 12.5 Å². The molecule has 1 N–H and O–H groups in total. The summed E-state index contributed by atoms with van der Waals surface area (Å²) in [6.45, 7) is 1.92. The lowest BCUT2D eigenvalue weighted by molar-refractivity contribution is -0.132. The van der Waals surface area contributed by atoms with Gasteiger partial charge in [-0.1, -0.05) is 6.07 Å². The van der Waals surface area contributed by atoms with Gasteiger partial charge in [-0.25, -0.2) is 0 Å². The van der Waals surface area contributed by atoms with Crippen molar-refractivity contribution in [2.75, 3.05) is 33.7 Å². The summed E-state index contributed by atoms with van der Waals surface area (Å²) in [6, 6.07) is 3.86. The molecule has 112 valence electrons. The van der Waals surface area contributed by atoms with Crippen molar-refractivity contribution in [3.63, 3.8) is 0 Å². The van der Waals surface area contributed by atoms with E-state index < -0.39 is 0 Å². The summed E-state index contributed by atoms with van der Waals surface area (Å²) in [5.41, 5.74) is 0. The smallest absolute Gasteiger partial charge is 0.264 e. The quantitative estimate of drug-likeness (QED) is 0.903. The summed E-state index contributed by atoms with van der Waals surface area (Å²) in [5, 5.41) is 5.09. The number of nitrogens with zero attached hydrogens (tertiary/aromatic N) is 2. The lowest BCUT2D eigenvalue weighted by atomic mass is 10.2. The molecular formula is C13H20ClN3O2S. The minimum absolute atomic E-state index is 0. The maximum absolute atomic E-state index is 12.1. The zero-order chi connectivity index (χ0) is 13.8. The highest BCUT2D eigenvalue weighted by molar-refractivity contribution is 7.12. The molecule has 1 saturated heterocycles. The molecule has 1 unspecified atom stereocenters. The Balaban J connectivity index is 0.00000200. The predicted octanol–water partition coefficient (Wildman–Crippen LogP) is 1.06. The van der Waals surface area contributed by atoms with Crippen LogP contribution in [0.2, 0.25) is 0 Å². The monoisotopic (exact) mass is 317 g/mol. The fourth-order valence-electron chi connectivity index (χ4n) is 2.15. The van der Waals surface area contributed by atoms with Crippen LogP contribution in [0.25, 0.3) is 0 Å². The maximum Gasteiger partial charge on any atom is 0.264 e. The minimum atomic E-state index is -0.0960. The molecule has 1 fully saturated rings. The standard InChI is InChI=1S/C13H19N3O2S.ClH/c1-15(13(18)11-4-3-7-19-11)9-12(17)16(2)10-5-6-14-8-10;/h3-4,7,10,14H,5-6,8-9H2,1-2H3;1H. The molecule has 1 aliphatic heterocycles. The highest BCUT2D eigenvalue weighted by Crippen LogP contribution is 2.12. The minimum Gasteiger partial charge on any atom is -0.340 e. The molecule has 1 atom stereocenters. The predicted molar refractivity (Wildman–Crippen MR) is 82.6 cm³/mol. The molecule has 0 spiro atoms. The van der Waals surface area contributed by atoms with Crippen LogP contribution in [-0.2, 0) is 4.79 Å². The topological polar surface area (TPSA) is 52.7 Å². The second kappa shape index (κ2) is 7.61. The number of carbonyl (C=O) groups excluding carboxylic acids is 2. The van der Waals surface area contributed by atoms with E-state index in [0.717, 1.165) is 19.5 Å². The van der Waals surface area contributed by atoms with Crippen LogP contribution in [-0.4, -0.2) is 61.4 Å². The molecule has 2 rings (SSSR count). The van der Waals surface area contributed by atoms with Crippen LogP contribution >= 0.6 is 23.7 Å². The lowest BCUT2D eigenvalue weighted by Crippen LogP contribution is -2.44. The molecule has 2 heterocycles. The number of rotatable bonds is 4. The number of likely N-dealkylation sites (N-methyl/N-ethyl adjacent to an activating group) is 2. The van der Waals surface area contributed by atoms with Crippen molar-refractivity contribution in [3.8, 4) is 0 Å². The maximum atomic E-state index is 12.1. The first-order chi connectivity index (χ1) is 9.09. The van der Waals surface area contributed by atoms with Crippen molar-refractivity contribution in [2.24, 2.45) is 0 Å². The fraction of sp³-hybridized carbons (Fsp3) is 0.538. The largest absolute Gasteiger partial charge is 0.340 e. The first-order valence-corrected chi connectivity index (χ1v) is 7.23. The van der Waals surface area contributed by atoms with Crippen molar-refractivity contribution in [1.29, 1.82) is 0 Å². The summed E-state index contributed by atoms with van der Waals surface area (Å²) >= 11 is 1.39. The normalized spacial score (nSPS) is 17.4. The van der Waals surface area contributed by atoms with Gasteiger partial charge in [0.15, 0.2) is 0 Å². The number of nitrogens with one attached hydrogen (secondary N) is 1. The Morgan fingerprint density at radius 3 is 2.75 bits per heavy atom. The van der Waals surface area contributed by atoms with Crippen LogP contribution < -0.4 is 5.32 Å². The molecule has 0 aromatic carbocycles. The molecule has 20 heavy (non-hydrogen) atoms. The number of halogens is 1. The average molecular weight is 318 g/mol. The summed E-state index contributed by atoms with van der Waals surface area (Å²) in [5.74, 6) is -0.109. The van der Waals surface area contributed by atoms with Crippen molar-refractivity contribution in [1.82, 2.24) is 15.1 Å². The summed E-state index contributed by atoms with van der Waals surface area (Å²) < 4.78 is 0. The van der Waals surface area contributed by atoms with Crippen LogP contribution in [0.3, 0.4) is 0 Å². The number of carbonyl (C=O) groups is 2. The first-order valence-electron chi connectivity index (χ1n) is 6.35. The van der Waals surface area contributed by atoms with E-state index >= 15 is 0 Å². The SMILES string of the molecule is CN(CC(=O)N(C)C1CCNC1)C(=O)c1cccs1.Cl. The lowest BCUT2D eigenvalue weighted by Gasteiger charge is -2.26. The van der Waals surface area contributed by atoms with Gasteiger partial charge in [-0.2, -0.15) is 0 Å². The van der Waals surface area contributed by atoms with Crippen molar-refractivity contribution < 1.29 is 9.59 Å². The molecule has 2 amide bonds. The molecule has 5 nitrogen and oxygen atoms in total. The molecule has 1 aliphatic rings. The summed E-state index contributed by atoms with van der Waals surface area (Å²) in [4.78, 5) is 28.1. The van der Waals surface area contributed by atoms with Gasteiger partial charge in [-0.15, -0.1) is 23.7 Å². The van der Waals surface area contributed by atoms with Gasteiger partial charge in [-0.05, 0) is 24.4 Å². The van der Waals surface area contributed by atoms with E-state index in [1.54, 1.807) is 18.0 Å². The zero-order valence-corrected chi connectivity index (χ0v) is 13.3. The first kappa shape index (κ1) is 16.9. The van der Waals surface area contributed by atoms with Crippen LogP contribution in [0.5, 0.6) is 0 Å². The Hall–Kier alpha value is -1.11. The average Bonchev–Trinajstić information content (AvgIpc) is 3.09. The van der Waals surface area contributed by atoms with Crippen LogP contribution in [0.1, 0.15) is 16.1 Å². The third kappa shape index (κ3) is 3.94. The van der Waals surface area contributed by atoms with E-state index in [1.807, 2.05) is 18.5 Å². The van der Waals surface area contributed by atoms with Gasteiger partial charge in [0.1, 0.15) is 0 Å². The Labute approximate surface area is 129 Å². The van der Waals surface area contributed by atoms with Gasteiger partial charge < -0.3 is 15.1 Å². The van der Waals surface area contributed by atoms with Crippen molar-refractivity contribution >= 4 is 35.6 Å². The Morgan fingerprint density at radius 2 is 2.20 bits per heavy atom. The van der Waals surface area contributed by atoms with Gasteiger partial charge in [0.25, 0.3) is 5.91 Å². The third-order valence-corrected chi connectivity index (χ3v) is 4.28. The second-order valence-corrected chi connectivity index (χ2v) is 5.74. The molecule has 0 saturated carbocycles. The molecular weight excluding hydrogens is 298 g/mol.